The number of fused-ring (bicyclic) bond motifs is 3. The number of anilines is 1. The Hall–Kier alpha value is -2.72. The van der Waals surface area contributed by atoms with Crippen LogP contribution in [0, 0.1) is 0 Å². The SMILES string of the molecule is CC1(C)CN(CC(=O)N[C@H]2CC[C@H](O)CC2)C(C(=O)Nc2cc(Cl)cc3c2[nH]c2cnccc23)CO1. The highest BCUT2D eigenvalue weighted by Crippen LogP contribution is 2.33. The molecule has 192 valence electrons. The first-order valence-corrected chi connectivity index (χ1v) is 12.8. The smallest absolute Gasteiger partial charge is 0.244 e. The van der Waals surface area contributed by atoms with Gasteiger partial charge < -0.3 is 25.5 Å². The lowest BCUT2D eigenvalue weighted by Crippen LogP contribution is -2.60. The van der Waals surface area contributed by atoms with E-state index in [-0.39, 0.29) is 37.1 Å². The molecule has 1 saturated heterocycles. The van der Waals surface area contributed by atoms with Gasteiger partial charge in [-0.2, -0.15) is 0 Å². The topological polar surface area (TPSA) is 120 Å². The number of H-pyrrole nitrogens is 1. The Morgan fingerprint density at radius 3 is 2.81 bits per heavy atom. The summed E-state index contributed by atoms with van der Waals surface area (Å²) in [4.78, 5) is 35.8. The van der Waals surface area contributed by atoms with Gasteiger partial charge >= 0.3 is 0 Å². The van der Waals surface area contributed by atoms with Crippen molar-refractivity contribution in [2.45, 2.75) is 63.3 Å². The van der Waals surface area contributed by atoms with E-state index in [4.69, 9.17) is 16.3 Å². The van der Waals surface area contributed by atoms with Crippen LogP contribution in [0.2, 0.25) is 5.02 Å². The maximum atomic E-state index is 13.5. The van der Waals surface area contributed by atoms with Crippen LogP contribution in [-0.4, -0.2) is 75.3 Å². The van der Waals surface area contributed by atoms with Crippen LogP contribution < -0.4 is 10.6 Å². The third-order valence-corrected chi connectivity index (χ3v) is 7.32. The van der Waals surface area contributed by atoms with Gasteiger partial charge in [0.05, 0.1) is 47.8 Å². The van der Waals surface area contributed by atoms with Crippen molar-refractivity contribution in [1.82, 2.24) is 20.2 Å². The van der Waals surface area contributed by atoms with Crippen molar-refractivity contribution in [3.63, 3.8) is 0 Å². The molecule has 1 aromatic carbocycles. The summed E-state index contributed by atoms with van der Waals surface area (Å²) in [6.45, 7) is 4.60. The van der Waals surface area contributed by atoms with Gasteiger partial charge in [-0.15, -0.1) is 0 Å². The summed E-state index contributed by atoms with van der Waals surface area (Å²) in [6.07, 6.45) is 6.08. The van der Waals surface area contributed by atoms with E-state index in [2.05, 4.69) is 20.6 Å². The second kappa shape index (κ2) is 9.97. The number of aliphatic hydroxyl groups excluding tert-OH is 1. The van der Waals surface area contributed by atoms with Crippen LogP contribution in [0.4, 0.5) is 5.69 Å². The first-order valence-electron chi connectivity index (χ1n) is 12.4. The van der Waals surface area contributed by atoms with Crippen LogP contribution >= 0.6 is 11.6 Å². The lowest BCUT2D eigenvalue weighted by Gasteiger charge is -2.42. The van der Waals surface area contributed by atoms with E-state index >= 15 is 0 Å². The normalized spacial score (nSPS) is 24.6. The standard InChI is InChI=1S/C26H32ClN5O4/c1-26(2)14-32(12-23(34)29-16-3-5-17(33)6-4-16)22(13-36-26)25(35)31-20-10-15(27)9-19-18-7-8-28-11-21(18)30-24(19)20/h7-11,16-17,22,30,33H,3-6,12-14H2,1-2H3,(H,29,34)(H,31,35)/t16-,17-,22?. The number of aliphatic hydroxyl groups is 1. The van der Waals surface area contributed by atoms with E-state index in [1.54, 1.807) is 18.5 Å². The summed E-state index contributed by atoms with van der Waals surface area (Å²) in [6, 6.07) is 4.89. The van der Waals surface area contributed by atoms with Gasteiger partial charge in [0.25, 0.3) is 0 Å². The lowest BCUT2D eigenvalue weighted by molar-refractivity contribution is -0.147. The van der Waals surface area contributed by atoms with E-state index in [1.165, 1.54) is 0 Å². The second-order valence-corrected chi connectivity index (χ2v) is 10.9. The van der Waals surface area contributed by atoms with Gasteiger partial charge in [-0.3, -0.25) is 19.5 Å². The molecule has 1 aliphatic carbocycles. The molecule has 2 fully saturated rings. The number of hydrogen-bond donors (Lipinski definition) is 4. The van der Waals surface area contributed by atoms with Gasteiger partial charge in [0.2, 0.25) is 11.8 Å². The number of ether oxygens (including phenoxy) is 1. The van der Waals surface area contributed by atoms with Crippen LogP contribution in [-0.2, 0) is 14.3 Å². The van der Waals surface area contributed by atoms with Gasteiger partial charge in [0.15, 0.2) is 0 Å². The number of aromatic amines is 1. The summed E-state index contributed by atoms with van der Waals surface area (Å²) >= 11 is 6.40. The molecule has 5 rings (SSSR count). The Labute approximate surface area is 214 Å². The van der Waals surface area contributed by atoms with E-state index in [0.29, 0.717) is 30.1 Å². The van der Waals surface area contributed by atoms with Gasteiger partial charge in [-0.05, 0) is 57.7 Å². The molecule has 9 nitrogen and oxygen atoms in total. The molecule has 1 unspecified atom stereocenters. The minimum Gasteiger partial charge on any atom is -0.393 e. The molecule has 10 heteroatoms. The van der Waals surface area contributed by atoms with Crippen molar-refractivity contribution >= 4 is 50.9 Å². The number of hydrogen-bond acceptors (Lipinski definition) is 6. The van der Waals surface area contributed by atoms with E-state index < -0.39 is 11.6 Å². The predicted molar refractivity (Wildman–Crippen MR) is 139 cm³/mol. The predicted octanol–water partition coefficient (Wildman–Crippen LogP) is 3.21. The third-order valence-electron chi connectivity index (χ3n) is 7.10. The summed E-state index contributed by atoms with van der Waals surface area (Å²) in [5.41, 5.74) is 1.69. The molecule has 1 aliphatic heterocycles. The Morgan fingerprint density at radius 1 is 1.25 bits per heavy atom. The maximum absolute atomic E-state index is 13.5. The molecule has 2 aromatic heterocycles. The van der Waals surface area contributed by atoms with Crippen LogP contribution in [0.1, 0.15) is 39.5 Å². The summed E-state index contributed by atoms with van der Waals surface area (Å²) in [5.74, 6) is -0.389. The Bertz CT molecular complexity index is 1280. The zero-order valence-corrected chi connectivity index (χ0v) is 21.3. The maximum Gasteiger partial charge on any atom is 0.244 e. The molecule has 2 aliphatic rings. The highest BCUT2D eigenvalue weighted by Gasteiger charge is 2.39. The minimum atomic E-state index is -0.642. The zero-order chi connectivity index (χ0) is 25.4. The molecule has 1 saturated carbocycles. The van der Waals surface area contributed by atoms with E-state index in [1.807, 2.05) is 30.9 Å². The minimum absolute atomic E-state index is 0.0541. The number of carbonyl (C=O) groups is 2. The fourth-order valence-corrected chi connectivity index (χ4v) is 5.49. The Kier molecular flexibility index (Phi) is 6.91. The van der Waals surface area contributed by atoms with Crippen molar-refractivity contribution in [2.24, 2.45) is 0 Å². The first-order chi connectivity index (χ1) is 17.2. The Morgan fingerprint density at radius 2 is 2.03 bits per heavy atom. The summed E-state index contributed by atoms with van der Waals surface area (Å²) in [5, 5.41) is 18.2. The quantitative estimate of drug-likeness (QED) is 0.416. The number of halogens is 1. The number of amides is 2. The van der Waals surface area contributed by atoms with Gasteiger partial charge in [0, 0.05) is 34.6 Å². The van der Waals surface area contributed by atoms with Crippen molar-refractivity contribution in [3.05, 3.63) is 35.6 Å². The van der Waals surface area contributed by atoms with Gasteiger partial charge in [-0.25, -0.2) is 0 Å². The number of nitrogens with one attached hydrogen (secondary N) is 3. The van der Waals surface area contributed by atoms with Crippen molar-refractivity contribution < 1.29 is 19.4 Å². The Balaban J connectivity index is 1.34. The molecule has 2 amide bonds. The number of carbonyl (C=O) groups excluding carboxylic acids is 2. The van der Waals surface area contributed by atoms with Gasteiger partial charge in [0.1, 0.15) is 6.04 Å². The van der Waals surface area contributed by atoms with Crippen molar-refractivity contribution in [2.75, 3.05) is 25.0 Å². The van der Waals surface area contributed by atoms with Crippen LogP contribution in [0.25, 0.3) is 21.8 Å². The molecule has 3 aromatic rings. The molecular weight excluding hydrogens is 482 g/mol. The second-order valence-electron chi connectivity index (χ2n) is 10.5. The fraction of sp³-hybridized carbons (Fsp3) is 0.500. The van der Waals surface area contributed by atoms with Crippen LogP contribution in [0.15, 0.2) is 30.6 Å². The number of pyridine rings is 1. The fourth-order valence-electron chi connectivity index (χ4n) is 5.27. The number of rotatable bonds is 5. The summed E-state index contributed by atoms with van der Waals surface area (Å²) < 4.78 is 5.97. The van der Waals surface area contributed by atoms with Crippen molar-refractivity contribution in [1.29, 1.82) is 0 Å². The number of nitrogens with zero attached hydrogens (tertiary/aromatic N) is 2. The molecule has 0 bridgehead atoms. The average Bonchev–Trinajstić information content (AvgIpc) is 3.19. The largest absolute Gasteiger partial charge is 0.393 e. The highest BCUT2D eigenvalue weighted by atomic mass is 35.5. The molecule has 0 spiro atoms. The first kappa shape index (κ1) is 25.0. The molecule has 0 radical (unpaired) electrons. The lowest BCUT2D eigenvalue weighted by atomic mass is 9.93. The molecule has 36 heavy (non-hydrogen) atoms. The highest BCUT2D eigenvalue weighted by molar-refractivity contribution is 6.33. The molecule has 3 heterocycles. The zero-order valence-electron chi connectivity index (χ0n) is 20.5. The number of benzene rings is 1. The third kappa shape index (κ3) is 5.34. The summed E-state index contributed by atoms with van der Waals surface area (Å²) in [7, 11) is 0. The van der Waals surface area contributed by atoms with E-state index in [9.17, 15) is 14.7 Å². The van der Waals surface area contributed by atoms with Crippen LogP contribution in [0.3, 0.4) is 0 Å². The van der Waals surface area contributed by atoms with Crippen LogP contribution in [0.5, 0.6) is 0 Å². The number of aromatic nitrogens is 2. The van der Waals surface area contributed by atoms with E-state index in [0.717, 1.165) is 34.6 Å². The molecular formula is C26H32ClN5O4. The molecule has 4 N–H and O–H groups in total. The molecule has 1 atom stereocenters. The van der Waals surface area contributed by atoms with Crippen molar-refractivity contribution in [3.8, 4) is 0 Å². The average molecular weight is 514 g/mol. The monoisotopic (exact) mass is 513 g/mol. The number of morpholine rings is 1. The van der Waals surface area contributed by atoms with Gasteiger partial charge in [-0.1, -0.05) is 11.6 Å².